The number of carbonyl (C=O) groups is 1. The van der Waals surface area contributed by atoms with Crippen molar-refractivity contribution in [3.63, 3.8) is 0 Å². The average molecular weight is 231 g/mol. The number of hydrogen-bond donors (Lipinski definition) is 1. The van der Waals surface area contributed by atoms with E-state index >= 15 is 0 Å². The van der Waals surface area contributed by atoms with Crippen LogP contribution in [0.3, 0.4) is 0 Å². The Morgan fingerprint density at radius 1 is 1.12 bits per heavy atom. The molecule has 0 fully saturated rings. The monoisotopic (exact) mass is 231 g/mol. The minimum absolute atomic E-state index is 0.322. The zero-order valence-electron chi connectivity index (χ0n) is 9.69. The van der Waals surface area contributed by atoms with Gasteiger partial charge in [0.25, 0.3) is 5.91 Å². The van der Waals surface area contributed by atoms with E-state index in [1.54, 1.807) is 13.2 Å². The van der Waals surface area contributed by atoms with Gasteiger partial charge in [-0.15, -0.1) is 0 Å². The van der Waals surface area contributed by atoms with Gasteiger partial charge >= 0.3 is 0 Å². The lowest BCUT2D eigenvalue weighted by Crippen LogP contribution is -2.13. The van der Waals surface area contributed by atoms with Gasteiger partial charge in [0.1, 0.15) is 11.5 Å². The van der Waals surface area contributed by atoms with Crippen molar-refractivity contribution in [2.75, 3.05) is 14.2 Å². The highest BCUT2D eigenvalue weighted by Gasteiger charge is 2.16. The van der Waals surface area contributed by atoms with Gasteiger partial charge in [0, 0.05) is 10.8 Å². The van der Waals surface area contributed by atoms with Crippen LogP contribution in [-0.4, -0.2) is 20.1 Å². The van der Waals surface area contributed by atoms with E-state index in [9.17, 15) is 4.79 Å². The smallest absolute Gasteiger partial charge is 0.252 e. The molecule has 0 spiro atoms. The van der Waals surface area contributed by atoms with E-state index in [2.05, 4.69) is 0 Å². The number of nitrogens with two attached hydrogens (primary N) is 1. The van der Waals surface area contributed by atoms with Crippen molar-refractivity contribution in [2.45, 2.75) is 0 Å². The standard InChI is InChI=1S/C13H13NO3/c1-16-11-7-10(13(14)15)12(17-2)9-6-4-3-5-8(9)11/h3-7H,1-2H3,(H2,14,15). The van der Waals surface area contributed by atoms with Crippen LogP contribution in [0.15, 0.2) is 30.3 Å². The van der Waals surface area contributed by atoms with E-state index in [1.165, 1.54) is 7.11 Å². The number of hydrogen-bond acceptors (Lipinski definition) is 3. The molecule has 0 saturated heterocycles. The van der Waals surface area contributed by atoms with Crippen LogP contribution in [0, 0.1) is 0 Å². The van der Waals surface area contributed by atoms with Crippen LogP contribution in [0.5, 0.6) is 11.5 Å². The molecular weight excluding hydrogens is 218 g/mol. The first-order valence-corrected chi connectivity index (χ1v) is 5.12. The summed E-state index contributed by atoms with van der Waals surface area (Å²) in [6.07, 6.45) is 0. The lowest BCUT2D eigenvalue weighted by atomic mass is 10.0. The number of benzene rings is 2. The molecule has 0 aliphatic heterocycles. The summed E-state index contributed by atoms with van der Waals surface area (Å²) in [6, 6.07) is 9.14. The number of fused-ring (bicyclic) bond motifs is 1. The highest BCUT2D eigenvalue weighted by molar-refractivity contribution is 6.05. The molecule has 4 heteroatoms. The number of amides is 1. The normalized spacial score (nSPS) is 10.2. The Kier molecular flexibility index (Phi) is 2.87. The molecule has 2 N–H and O–H groups in total. The third kappa shape index (κ3) is 1.78. The van der Waals surface area contributed by atoms with Gasteiger partial charge in [-0.2, -0.15) is 0 Å². The molecule has 2 rings (SSSR count). The second-order valence-electron chi connectivity index (χ2n) is 3.57. The van der Waals surface area contributed by atoms with Crippen LogP contribution in [-0.2, 0) is 0 Å². The quantitative estimate of drug-likeness (QED) is 0.878. The van der Waals surface area contributed by atoms with Crippen LogP contribution in [0.4, 0.5) is 0 Å². The highest BCUT2D eigenvalue weighted by Crippen LogP contribution is 2.36. The van der Waals surface area contributed by atoms with Crippen LogP contribution in [0.1, 0.15) is 10.4 Å². The van der Waals surface area contributed by atoms with Gasteiger partial charge < -0.3 is 15.2 Å². The van der Waals surface area contributed by atoms with E-state index in [0.29, 0.717) is 17.1 Å². The van der Waals surface area contributed by atoms with Gasteiger partial charge in [-0.1, -0.05) is 24.3 Å². The van der Waals surface area contributed by atoms with Crippen LogP contribution >= 0.6 is 0 Å². The molecule has 0 atom stereocenters. The van der Waals surface area contributed by atoms with Gasteiger partial charge in [0.15, 0.2) is 0 Å². The Balaban J connectivity index is 2.89. The Morgan fingerprint density at radius 2 is 1.76 bits per heavy atom. The SMILES string of the molecule is COc1cc(C(N)=O)c(OC)c2ccccc12. The molecule has 0 aliphatic rings. The fourth-order valence-electron chi connectivity index (χ4n) is 1.89. The van der Waals surface area contributed by atoms with Gasteiger partial charge in [-0.3, -0.25) is 4.79 Å². The summed E-state index contributed by atoms with van der Waals surface area (Å²) in [5.74, 6) is 0.551. The molecule has 17 heavy (non-hydrogen) atoms. The summed E-state index contributed by atoms with van der Waals surface area (Å²) in [7, 11) is 3.07. The lowest BCUT2D eigenvalue weighted by Gasteiger charge is -2.12. The second-order valence-corrected chi connectivity index (χ2v) is 3.57. The van der Waals surface area contributed by atoms with E-state index in [-0.39, 0.29) is 0 Å². The average Bonchev–Trinajstić information content (AvgIpc) is 2.36. The first-order valence-electron chi connectivity index (χ1n) is 5.12. The molecule has 1 amide bonds. The van der Waals surface area contributed by atoms with Crippen molar-refractivity contribution in [1.29, 1.82) is 0 Å². The largest absolute Gasteiger partial charge is 0.496 e. The fourth-order valence-corrected chi connectivity index (χ4v) is 1.89. The van der Waals surface area contributed by atoms with E-state index < -0.39 is 5.91 Å². The fraction of sp³-hybridized carbons (Fsp3) is 0.154. The molecular formula is C13H13NO3. The molecule has 0 aromatic heterocycles. The minimum atomic E-state index is -0.536. The van der Waals surface area contributed by atoms with Crippen molar-refractivity contribution in [3.05, 3.63) is 35.9 Å². The summed E-state index contributed by atoms with van der Waals surface area (Å²) in [5, 5.41) is 1.69. The van der Waals surface area contributed by atoms with Gasteiger partial charge in [-0.05, 0) is 6.07 Å². The van der Waals surface area contributed by atoms with Gasteiger partial charge in [0.05, 0.1) is 19.8 Å². The van der Waals surface area contributed by atoms with Crippen molar-refractivity contribution in [3.8, 4) is 11.5 Å². The zero-order chi connectivity index (χ0) is 12.4. The maximum absolute atomic E-state index is 11.4. The van der Waals surface area contributed by atoms with Crippen molar-refractivity contribution in [2.24, 2.45) is 5.73 Å². The van der Waals surface area contributed by atoms with Gasteiger partial charge in [-0.25, -0.2) is 0 Å². The topological polar surface area (TPSA) is 61.5 Å². The maximum atomic E-state index is 11.4. The molecule has 0 unspecified atom stereocenters. The maximum Gasteiger partial charge on any atom is 0.252 e. The summed E-state index contributed by atoms with van der Waals surface area (Å²) in [6.45, 7) is 0. The molecule has 0 bridgehead atoms. The minimum Gasteiger partial charge on any atom is -0.496 e. The summed E-state index contributed by atoms with van der Waals surface area (Å²) >= 11 is 0. The first-order chi connectivity index (χ1) is 8.19. The molecule has 0 radical (unpaired) electrons. The number of ether oxygens (including phenoxy) is 2. The van der Waals surface area contributed by atoms with Crippen LogP contribution in [0.2, 0.25) is 0 Å². The van der Waals surface area contributed by atoms with Crippen molar-refractivity contribution in [1.82, 2.24) is 0 Å². The third-order valence-electron chi connectivity index (χ3n) is 2.65. The summed E-state index contributed by atoms with van der Waals surface area (Å²) < 4.78 is 10.5. The summed E-state index contributed by atoms with van der Waals surface area (Å²) in [5.41, 5.74) is 5.65. The molecule has 0 heterocycles. The molecule has 0 saturated carbocycles. The molecule has 2 aromatic carbocycles. The number of rotatable bonds is 3. The Labute approximate surface area is 98.9 Å². The van der Waals surface area contributed by atoms with E-state index in [1.807, 2.05) is 24.3 Å². The zero-order valence-corrected chi connectivity index (χ0v) is 9.69. The lowest BCUT2D eigenvalue weighted by molar-refractivity contribution is 0.0997. The predicted octanol–water partition coefficient (Wildman–Crippen LogP) is 1.96. The molecule has 88 valence electrons. The number of primary amides is 1. The van der Waals surface area contributed by atoms with E-state index in [0.717, 1.165) is 10.8 Å². The predicted molar refractivity (Wildman–Crippen MR) is 65.6 cm³/mol. The second kappa shape index (κ2) is 4.33. The number of carbonyl (C=O) groups excluding carboxylic acids is 1. The van der Waals surface area contributed by atoms with Crippen LogP contribution < -0.4 is 15.2 Å². The Hall–Kier alpha value is -2.23. The Bertz CT molecular complexity index is 578. The van der Waals surface area contributed by atoms with Crippen molar-refractivity contribution >= 4 is 16.7 Å². The number of methoxy groups -OCH3 is 2. The molecule has 0 aliphatic carbocycles. The van der Waals surface area contributed by atoms with Crippen molar-refractivity contribution < 1.29 is 14.3 Å². The summed E-state index contributed by atoms with van der Waals surface area (Å²) in [4.78, 5) is 11.4. The molecule has 4 nitrogen and oxygen atoms in total. The molecule has 2 aromatic rings. The third-order valence-corrected chi connectivity index (χ3v) is 2.65. The first kappa shape index (κ1) is 11.3. The highest BCUT2D eigenvalue weighted by atomic mass is 16.5. The Morgan fingerprint density at radius 3 is 2.29 bits per heavy atom. The van der Waals surface area contributed by atoms with E-state index in [4.69, 9.17) is 15.2 Å². The van der Waals surface area contributed by atoms with Gasteiger partial charge in [0.2, 0.25) is 0 Å². The van der Waals surface area contributed by atoms with Crippen LogP contribution in [0.25, 0.3) is 10.8 Å².